The van der Waals surface area contributed by atoms with Crippen LogP contribution >= 0.6 is 15.9 Å². The van der Waals surface area contributed by atoms with Crippen LogP contribution in [0.25, 0.3) is 11.0 Å². The average molecular weight is 507 g/mol. The van der Waals surface area contributed by atoms with Gasteiger partial charge >= 0.3 is 0 Å². The van der Waals surface area contributed by atoms with Crippen LogP contribution in [0, 0.1) is 11.7 Å². The monoisotopic (exact) mass is 506 g/mol. The molecule has 172 valence electrons. The Hall–Kier alpha value is -2.11. The first-order chi connectivity index (χ1) is 15.5. The second-order valence-electron chi connectivity index (χ2n) is 8.25. The lowest BCUT2D eigenvalue weighted by Crippen LogP contribution is -2.34. The molecule has 0 unspecified atom stereocenters. The van der Waals surface area contributed by atoms with Crippen molar-refractivity contribution < 1.29 is 14.6 Å². The summed E-state index contributed by atoms with van der Waals surface area (Å²) in [5.74, 6) is 0.0758. The van der Waals surface area contributed by atoms with E-state index < -0.39 is 12.2 Å². The van der Waals surface area contributed by atoms with Crippen molar-refractivity contribution in [2.45, 2.75) is 37.6 Å². The third-order valence-corrected chi connectivity index (χ3v) is 6.68. The molecule has 0 saturated heterocycles. The fourth-order valence-corrected chi connectivity index (χ4v) is 4.95. The minimum atomic E-state index is -0.891. The molecule has 0 spiro atoms. The van der Waals surface area contributed by atoms with Crippen molar-refractivity contribution in [1.29, 1.82) is 0 Å². The molecule has 3 aromatic rings. The number of fused-ring (bicyclic) bond motifs is 1. The van der Waals surface area contributed by atoms with Crippen molar-refractivity contribution in [3.05, 3.63) is 52.6 Å². The first kappa shape index (κ1) is 23.1. The number of nitrogens with zero attached hydrogens (tertiary/aromatic N) is 3. The molecular weight excluding hydrogens is 479 g/mol. The van der Waals surface area contributed by atoms with Crippen LogP contribution in [0.1, 0.15) is 24.4 Å². The van der Waals surface area contributed by atoms with Crippen LogP contribution in [0.15, 0.2) is 41.3 Å². The minimum absolute atomic E-state index is 0.0717. The number of aromatic nitrogens is 3. The highest BCUT2D eigenvalue weighted by molar-refractivity contribution is 9.10. The fourth-order valence-electron chi connectivity index (χ4n) is 4.35. The zero-order valence-corrected chi connectivity index (χ0v) is 19.2. The normalized spacial score (nSPS) is 23.2. The number of nitrogen functional groups attached to an aromatic ring is 1. The Morgan fingerprint density at radius 2 is 1.88 bits per heavy atom. The van der Waals surface area contributed by atoms with E-state index in [2.05, 4.69) is 36.5 Å². The van der Waals surface area contributed by atoms with Crippen LogP contribution in [0.4, 0.5) is 10.2 Å². The zero-order chi connectivity index (χ0) is 22.7. The third kappa shape index (κ3) is 4.94. The number of hydrogen-bond acceptors (Lipinski definition) is 7. The van der Waals surface area contributed by atoms with Crippen molar-refractivity contribution in [1.82, 2.24) is 25.2 Å². The molecule has 1 aliphatic carbocycles. The summed E-state index contributed by atoms with van der Waals surface area (Å²) in [7, 11) is 0. The van der Waals surface area contributed by atoms with Gasteiger partial charge in [0.1, 0.15) is 29.7 Å². The van der Waals surface area contributed by atoms with Gasteiger partial charge in [-0.05, 0) is 59.6 Å². The summed E-state index contributed by atoms with van der Waals surface area (Å²) in [6.07, 6.45) is 3.08. The van der Waals surface area contributed by atoms with Crippen LogP contribution in [-0.4, -0.2) is 56.6 Å². The Kier molecular flexibility index (Phi) is 7.37. The van der Waals surface area contributed by atoms with Gasteiger partial charge in [-0.3, -0.25) is 0 Å². The van der Waals surface area contributed by atoms with Gasteiger partial charge in [-0.2, -0.15) is 0 Å². The summed E-state index contributed by atoms with van der Waals surface area (Å²) in [6.45, 7) is 2.93. The van der Waals surface area contributed by atoms with Crippen molar-refractivity contribution in [2.24, 2.45) is 5.92 Å². The van der Waals surface area contributed by atoms with E-state index in [0.717, 1.165) is 29.5 Å². The van der Waals surface area contributed by atoms with Gasteiger partial charge in [0.05, 0.1) is 17.5 Å². The number of hydrogen-bond donors (Lipinski definition) is 5. The number of aliphatic hydroxyl groups excluding tert-OH is 2. The Balaban J connectivity index is 1.24. The molecule has 6 N–H and O–H groups in total. The first-order valence-corrected chi connectivity index (χ1v) is 11.5. The third-order valence-electron chi connectivity index (χ3n) is 6.08. The highest BCUT2D eigenvalue weighted by Crippen LogP contribution is 2.39. The maximum absolute atomic E-state index is 12.9. The number of anilines is 1. The van der Waals surface area contributed by atoms with Crippen molar-refractivity contribution >= 4 is 32.8 Å². The number of nitrogens with two attached hydrogens (primary N) is 1. The second-order valence-corrected chi connectivity index (χ2v) is 9.10. The maximum Gasteiger partial charge on any atom is 0.146 e. The number of halogens is 2. The quantitative estimate of drug-likeness (QED) is 0.281. The van der Waals surface area contributed by atoms with Crippen LogP contribution in [0.2, 0.25) is 0 Å². The summed E-state index contributed by atoms with van der Waals surface area (Å²) in [5.41, 5.74) is 7.66. The molecule has 1 aromatic carbocycles. The lowest BCUT2D eigenvalue weighted by molar-refractivity contribution is 0.00693. The Morgan fingerprint density at radius 3 is 2.66 bits per heavy atom. The van der Waals surface area contributed by atoms with Gasteiger partial charge in [-0.1, -0.05) is 12.1 Å². The van der Waals surface area contributed by atoms with Crippen LogP contribution in [-0.2, 0) is 6.54 Å². The van der Waals surface area contributed by atoms with E-state index in [1.165, 1.54) is 18.5 Å². The molecule has 1 fully saturated rings. The standard InChI is InChI=1S/C22H28BrFN6O2/c23-16-11-30(22-18(16)21(25)28-12-29-22)17-8-14(19(31)20(17)32)10-27-7-1-6-26-9-13-2-4-15(24)5-3-13/h2-5,11-12,14,17,19-20,26-27,31-32H,1,6-10H2,(H2,25,28,29)/t14-,17-,19-,20+/m1/s1. The van der Waals surface area contributed by atoms with Gasteiger partial charge in [0, 0.05) is 29.7 Å². The van der Waals surface area contributed by atoms with E-state index in [1.54, 1.807) is 12.1 Å². The summed E-state index contributed by atoms with van der Waals surface area (Å²) in [4.78, 5) is 8.36. The van der Waals surface area contributed by atoms with E-state index in [0.29, 0.717) is 36.4 Å². The van der Waals surface area contributed by atoms with E-state index in [-0.39, 0.29) is 17.8 Å². The second kappa shape index (κ2) is 10.2. The Morgan fingerprint density at radius 1 is 1.12 bits per heavy atom. The molecule has 1 aliphatic rings. The predicted molar refractivity (Wildman–Crippen MR) is 124 cm³/mol. The molecule has 2 heterocycles. The SMILES string of the molecule is Nc1ncnc2c1c(Br)cn2[C@@H]1C[C@H](CNCCCNCc2ccc(F)cc2)[C@@H](O)[C@H]1O. The molecule has 8 nitrogen and oxygen atoms in total. The van der Waals surface area contributed by atoms with Crippen molar-refractivity contribution in [3.8, 4) is 0 Å². The molecule has 4 rings (SSSR count). The van der Waals surface area contributed by atoms with Gasteiger partial charge in [-0.25, -0.2) is 14.4 Å². The fraction of sp³-hybridized carbons (Fsp3) is 0.455. The Labute approximate surface area is 194 Å². The number of rotatable bonds is 9. The molecule has 32 heavy (non-hydrogen) atoms. The molecule has 0 amide bonds. The summed E-state index contributed by atoms with van der Waals surface area (Å²) in [6, 6.07) is 6.18. The van der Waals surface area contributed by atoms with Crippen LogP contribution in [0.5, 0.6) is 0 Å². The lowest BCUT2D eigenvalue weighted by atomic mass is 10.1. The maximum atomic E-state index is 12.9. The zero-order valence-electron chi connectivity index (χ0n) is 17.6. The minimum Gasteiger partial charge on any atom is -0.390 e. The smallest absolute Gasteiger partial charge is 0.146 e. The average Bonchev–Trinajstić information content (AvgIpc) is 3.26. The topological polar surface area (TPSA) is 121 Å². The lowest BCUT2D eigenvalue weighted by Gasteiger charge is -2.19. The Bertz CT molecular complexity index is 1050. The largest absolute Gasteiger partial charge is 0.390 e. The molecular formula is C22H28BrFN6O2. The molecule has 4 atom stereocenters. The number of benzene rings is 1. The summed E-state index contributed by atoms with van der Waals surface area (Å²) >= 11 is 3.50. The highest BCUT2D eigenvalue weighted by atomic mass is 79.9. The molecule has 0 radical (unpaired) electrons. The predicted octanol–water partition coefficient (Wildman–Crippen LogP) is 1.97. The molecule has 10 heteroatoms. The summed E-state index contributed by atoms with van der Waals surface area (Å²) < 4.78 is 15.6. The van der Waals surface area contributed by atoms with Crippen LogP contribution < -0.4 is 16.4 Å². The number of nitrogens with one attached hydrogen (secondary N) is 2. The molecule has 0 aliphatic heterocycles. The van der Waals surface area contributed by atoms with Crippen molar-refractivity contribution in [2.75, 3.05) is 25.4 Å². The first-order valence-electron chi connectivity index (χ1n) is 10.7. The van der Waals surface area contributed by atoms with Gasteiger partial charge in [0.2, 0.25) is 0 Å². The van der Waals surface area contributed by atoms with Crippen LogP contribution in [0.3, 0.4) is 0 Å². The molecule has 1 saturated carbocycles. The van der Waals surface area contributed by atoms with Crippen molar-refractivity contribution in [3.63, 3.8) is 0 Å². The van der Waals surface area contributed by atoms with E-state index in [4.69, 9.17) is 5.73 Å². The van der Waals surface area contributed by atoms with E-state index in [9.17, 15) is 14.6 Å². The van der Waals surface area contributed by atoms with Gasteiger partial charge in [0.15, 0.2) is 0 Å². The molecule has 0 bridgehead atoms. The van der Waals surface area contributed by atoms with Gasteiger partial charge in [-0.15, -0.1) is 0 Å². The highest BCUT2D eigenvalue weighted by Gasteiger charge is 2.42. The van der Waals surface area contributed by atoms with Gasteiger partial charge < -0.3 is 31.1 Å². The van der Waals surface area contributed by atoms with E-state index >= 15 is 0 Å². The number of aliphatic hydroxyl groups is 2. The van der Waals surface area contributed by atoms with E-state index in [1.807, 2.05) is 10.8 Å². The van der Waals surface area contributed by atoms with Gasteiger partial charge in [0.25, 0.3) is 0 Å². The molecule has 2 aromatic heterocycles. The summed E-state index contributed by atoms with van der Waals surface area (Å²) in [5, 5.41) is 28.7.